The zero-order valence-corrected chi connectivity index (χ0v) is 10.00. The van der Waals surface area contributed by atoms with Crippen molar-refractivity contribution in [2.75, 3.05) is 20.3 Å². The molecule has 18 heavy (non-hydrogen) atoms. The van der Waals surface area contributed by atoms with Crippen molar-refractivity contribution in [3.8, 4) is 5.75 Å². The molecular weight excluding hydrogens is 240 g/mol. The molecule has 0 aliphatic heterocycles. The second-order valence-corrected chi connectivity index (χ2v) is 3.74. The first-order valence-electron chi connectivity index (χ1n) is 5.42. The Bertz CT molecular complexity index is 410. The number of ether oxygens (including phenoxy) is 1. The zero-order chi connectivity index (χ0) is 13.5. The number of aliphatic hydroxyl groups is 2. The summed E-state index contributed by atoms with van der Waals surface area (Å²) in [5, 5.41) is 31.5. The molecule has 0 fully saturated rings. The maximum atomic E-state index is 10.8. The molecule has 0 saturated carbocycles. The molecule has 1 unspecified atom stereocenters. The standard InChI is InChI=1S/C11H16N2O5/c1-12-5-8-2-3-10(13(16)17)11(4-8)18-7-9(15)6-14/h2-4,9,12,14-15H,5-7H2,1H3. The van der Waals surface area contributed by atoms with Crippen molar-refractivity contribution in [1.29, 1.82) is 0 Å². The number of hydrogen-bond acceptors (Lipinski definition) is 6. The van der Waals surface area contributed by atoms with Crippen molar-refractivity contribution < 1.29 is 19.9 Å². The molecule has 0 aliphatic carbocycles. The van der Waals surface area contributed by atoms with E-state index in [0.717, 1.165) is 5.56 Å². The van der Waals surface area contributed by atoms with Gasteiger partial charge >= 0.3 is 5.69 Å². The lowest BCUT2D eigenvalue weighted by Crippen LogP contribution is -2.21. The van der Waals surface area contributed by atoms with E-state index in [1.54, 1.807) is 19.2 Å². The van der Waals surface area contributed by atoms with Gasteiger partial charge in [0.25, 0.3) is 0 Å². The van der Waals surface area contributed by atoms with Crippen LogP contribution in [0.5, 0.6) is 5.75 Å². The fourth-order valence-corrected chi connectivity index (χ4v) is 1.38. The predicted octanol–water partition coefficient (Wildman–Crippen LogP) is 0.0462. The molecule has 0 aromatic heterocycles. The minimum Gasteiger partial charge on any atom is -0.484 e. The summed E-state index contributed by atoms with van der Waals surface area (Å²) in [6.45, 7) is -0.0960. The molecule has 1 aromatic carbocycles. The van der Waals surface area contributed by atoms with E-state index in [1.807, 2.05) is 0 Å². The van der Waals surface area contributed by atoms with Crippen LogP contribution in [0.4, 0.5) is 5.69 Å². The topological polar surface area (TPSA) is 105 Å². The third-order valence-corrected chi connectivity index (χ3v) is 2.24. The highest BCUT2D eigenvalue weighted by Crippen LogP contribution is 2.28. The van der Waals surface area contributed by atoms with E-state index in [2.05, 4.69) is 5.32 Å². The van der Waals surface area contributed by atoms with Gasteiger partial charge in [0.15, 0.2) is 5.75 Å². The molecule has 0 saturated heterocycles. The summed E-state index contributed by atoms with van der Waals surface area (Å²) in [4.78, 5) is 10.3. The van der Waals surface area contributed by atoms with Gasteiger partial charge in [0, 0.05) is 12.6 Å². The molecule has 7 nitrogen and oxygen atoms in total. The Morgan fingerprint density at radius 2 is 2.28 bits per heavy atom. The van der Waals surface area contributed by atoms with E-state index in [4.69, 9.17) is 14.9 Å². The van der Waals surface area contributed by atoms with E-state index in [0.29, 0.717) is 6.54 Å². The SMILES string of the molecule is CNCc1ccc([N+](=O)[O-])c(OCC(O)CO)c1. The smallest absolute Gasteiger partial charge is 0.310 e. The lowest BCUT2D eigenvalue weighted by Gasteiger charge is -2.11. The van der Waals surface area contributed by atoms with E-state index < -0.39 is 17.6 Å². The number of nitrogens with zero attached hydrogens (tertiary/aromatic N) is 1. The monoisotopic (exact) mass is 256 g/mol. The molecule has 0 radical (unpaired) electrons. The van der Waals surface area contributed by atoms with Crippen molar-refractivity contribution in [2.45, 2.75) is 12.6 Å². The van der Waals surface area contributed by atoms with Crippen LogP contribution in [0.3, 0.4) is 0 Å². The fourth-order valence-electron chi connectivity index (χ4n) is 1.38. The Hall–Kier alpha value is -1.70. The number of hydrogen-bond donors (Lipinski definition) is 3. The Morgan fingerprint density at radius 1 is 1.56 bits per heavy atom. The molecule has 0 bridgehead atoms. The number of nitro benzene ring substituents is 1. The molecule has 3 N–H and O–H groups in total. The van der Waals surface area contributed by atoms with Crippen LogP contribution in [0.25, 0.3) is 0 Å². The number of benzene rings is 1. The Labute approximate surface area is 104 Å². The van der Waals surface area contributed by atoms with Crippen molar-refractivity contribution in [2.24, 2.45) is 0 Å². The third-order valence-electron chi connectivity index (χ3n) is 2.24. The maximum Gasteiger partial charge on any atom is 0.310 e. The van der Waals surface area contributed by atoms with Crippen molar-refractivity contribution in [1.82, 2.24) is 5.32 Å². The number of rotatable bonds is 7. The summed E-state index contributed by atoms with van der Waals surface area (Å²) >= 11 is 0. The van der Waals surface area contributed by atoms with Gasteiger partial charge in [-0.15, -0.1) is 0 Å². The first-order valence-corrected chi connectivity index (χ1v) is 5.42. The lowest BCUT2D eigenvalue weighted by atomic mass is 10.2. The first-order chi connectivity index (χ1) is 8.58. The average Bonchev–Trinajstić information content (AvgIpc) is 2.36. The third kappa shape index (κ3) is 3.95. The number of nitrogens with one attached hydrogen (secondary N) is 1. The number of nitro groups is 1. The van der Waals surface area contributed by atoms with Crippen LogP contribution in [0.1, 0.15) is 5.56 Å². The summed E-state index contributed by atoms with van der Waals surface area (Å²) in [7, 11) is 1.76. The van der Waals surface area contributed by atoms with Crippen LogP contribution in [0.15, 0.2) is 18.2 Å². The van der Waals surface area contributed by atoms with Gasteiger partial charge in [0.2, 0.25) is 0 Å². The quantitative estimate of drug-likeness (QED) is 0.470. The minimum absolute atomic E-state index is 0.0836. The summed E-state index contributed by atoms with van der Waals surface area (Å²) < 4.78 is 5.16. The summed E-state index contributed by atoms with van der Waals surface area (Å²) in [5.41, 5.74) is 0.664. The van der Waals surface area contributed by atoms with Crippen LogP contribution in [0.2, 0.25) is 0 Å². The maximum absolute atomic E-state index is 10.8. The van der Waals surface area contributed by atoms with Crippen LogP contribution in [-0.2, 0) is 6.54 Å². The van der Waals surface area contributed by atoms with Crippen LogP contribution in [-0.4, -0.2) is 41.5 Å². The van der Waals surface area contributed by atoms with Crippen LogP contribution < -0.4 is 10.1 Å². The van der Waals surface area contributed by atoms with Crippen LogP contribution >= 0.6 is 0 Å². The van der Waals surface area contributed by atoms with Gasteiger partial charge in [0.05, 0.1) is 11.5 Å². The van der Waals surface area contributed by atoms with Gasteiger partial charge in [-0.05, 0) is 18.7 Å². The van der Waals surface area contributed by atoms with E-state index in [9.17, 15) is 10.1 Å². The van der Waals surface area contributed by atoms with E-state index in [1.165, 1.54) is 6.07 Å². The molecule has 1 aromatic rings. The van der Waals surface area contributed by atoms with Gasteiger partial charge in [-0.1, -0.05) is 6.07 Å². The zero-order valence-electron chi connectivity index (χ0n) is 10.00. The first kappa shape index (κ1) is 14.4. The molecule has 0 spiro atoms. The highest BCUT2D eigenvalue weighted by molar-refractivity contribution is 5.48. The molecule has 1 rings (SSSR count). The average molecular weight is 256 g/mol. The molecule has 0 aliphatic rings. The predicted molar refractivity (Wildman–Crippen MR) is 64.4 cm³/mol. The molecular formula is C11H16N2O5. The highest BCUT2D eigenvalue weighted by Gasteiger charge is 2.16. The van der Waals surface area contributed by atoms with Crippen molar-refractivity contribution in [3.63, 3.8) is 0 Å². The number of aliphatic hydroxyl groups excluding tert-OH is 2. The molecule has 0 heterocycles. The highest BCUT2D eigenvalue weighted by atomic mass is 16.6. The minimum atomic E-state index is -1.06. The normalized spacial score (nSPS) is 12.2. The summed E-state index contributed by atoms with van der Waals surface area (Å²) in [6, 6.07) is 4.52. The van der Waals surface area contributed by atoms with Gasteiger partial charge in [-0.2, -0.15) is 0 Å². The lowest BCUT2D eigenvalue weighted by molar-refractivity contribution is -0.385. The molecule has 1 atom stereocenters. The second kappa shape index (κ2) is 6.90. The fraction of sp³-hybridized carbons (Fsp3) is 0.455. The molecule has 0 amide bonds. The van der Waals surface area contributed by atoms with Gasteiger partial charge in [-0.25, -0.2) is 0 Å². The Balaban J connectivity index is 2.89. The Morgan fingerprint density at radius 3 is 2.83 bits per heavy atom. The van der Waals surface area contributed by atoms with E-state index >= 15 is 0 Å². The molecule has 100 valence electrons. The van der Waals surface area contributed by atoms with Crippen molar-refractivity contribution in [3.05, 3.63) is 33.9 Å². The second-order valence-electron chi connectivity index (χ2n) is 3.74. The largest absolute Gasteiger partial charge is 0.484 e. The summed E-state index contributed by atoms with van der Waals surface area (Å²) in [6.07, 6.45) is -1.06. The van der Waals surface area contributed by atoms with Gasteiger partial charge in [-0.3, -0.25) is 10.1 Å². The molecule has 7 heteroatoms. The van der Waals surface area contributed by atoms with Crippen molar-refractivity contribution >= 4 is 5.69 Å². The van der Waals surface area contributed by atoms with Gasteiger partial charge in [0.1, 0.15) is 12.7 Å². The van der Waals surface area contributed by atoms with Crippen LogP contribution in [0, 0.1) is 10.1 Å². The summed E-state index contributed by atoms with van der Waals surface area (Å²) in [5.74, 6) is 0.0836. The van der Waals surface area contributed by atoms with E-state index in [-0.39, 0.29) is 18.0 Å². The Kier molecular flexibility index (Phi) is 5.50. The van der Waals surface area contributed by atoms with Gasteiger partial charge < -0.3 is 20.3 Å².